The van der Waals surface area contributed by atoms with Gasteiger partial charge in [0.2, 0.25) is 5.82 Å². The minimum absolute atomic E-state index is 0.214. The van der Waals surface area contributed by atoms with Crippen molar-refractivity contribution in [3.63, 3.8) is 0 Å². The summed E-state index contributed by atoms with van der Waals surface area (Å²) in [5.74, 6) is 0.581. The number of nitrogens with zero attached hydrogens (tertiary/aromatic N) is 6. The van der Waals surface area contributed by atoms with E-state index in [9.17, 15) is 4.79 Å². The van der Waals surface area contributed by atoms with Crippen molar-refractivity contribution in [3.05, 3.63) is 59.4 Å². The van der Waals surface area contributed by atoms with Crippen LogP contribution < -0.4 is 5.56 Å². The van der Waals surface area contributed by atoms with Gasteiger partial charge in [0.05, 0.1) is 17.8 Å². The van der Waals surface area contributed by atoms with Crippen LogP contribution >= 0.6 is 0 Å². The van der Waals surface area contributed by atoms with Crippen LogP contribution in [0.25, 0.3) is 39.5 Å². The Labute approximate surface area is 139 Å². The van der Waals surface area contributed by atoms with E-state index in [1.807, 2.05) is 6.07 Å². The molecule has 4 heterocycles. The van der Waals surface area contributed by atoms with E-state index in [0.29, 0.717) is 33.6 Å². The van der Waals surface area contributed by atoms with Crippen LogP contribution in [0.5, 0.6) is 0 Å². The van der Waals surface area contributed by atoms with Crippen LogP contribution in [-0.2, 0) is 0 Å². The Bertz CT molecular complexity index is 1280. The summed E-state index contributed by atoms with van der Waals surface area (Å²) in [6.45, 7) is 0. The van der Waals surface area contributed by atoms with Gasteiger partial charge in [0.25, 0.3) is 11.4 Å². The molecule has 4 aromatic heterocycles. The molecule has 0 radical (unpaired) electrons. The summed E-state index contributed by atoms with van der Waals surface area (Å²) in [7, 11) is 0. The topological polar surface area (TPSA) is 115 Å². The summed E-state index contributed by atoms with van der Waals surface area (Å²) >= 11 is 0. The van der Waals surface area contributed by atoms with Crippen LogP contribution in [0.1, 0.15) is 0 Å². The lowest BCUT2D eigenvalue weighted by atomic mass is 10.1. The van der Waals surface area contributed by atoms with E-state index in [1.54, 1.807) is 47.4 Å². The molecule has 1 aromatic carbocycles. The normalized spacial score (nSPS) is 11.4. The van der Waals surface area contributed by atoms with Crippen molar-refractivity contribution in [2.24, 2.45) is 0 Å². The average Bonchev–Trinajstić information content (AvgIpc) is 3.29. The Balaban J connectivity index is 1.69. The van der Waals surface area contributed by atoms with Crippen molar-refractivity contribution in [2.75, 3.05) is 0 Å². The maximum Gasteiger partial charge on any atom is 0.279 e. The molecule has 25 heavy (non-hydrogen) atoms. The van der Waals surface area contributed by atoms with Gasteiger partial charge >= 0.3 is 0 Å². The summed E-state index contributed by atoms with van der Waals surface area (Å²) in [6, 6.07) is 7.11. The quantitative estimate of drug-likeness (QED) is 0.523. The summed E-state index contributed by atoms with van der Waals surface area (Å²) in [6.07, 6.45) is 6.70. The van der Waals surface area contributed by atoms with Crippen LogP contribution in [-0.4, -0.2) is 34.7 Å². The number of aromatic amines is 1. The van der Waals surface area contributed by atoms with Crippen molar-refractivity contribution in [1.82, 2.24) is 34.7 Å². The van der Waals surface area contributed by atoms with Gasteiger partial charge in [-0.25, -0.2) is 10.1 Å². The Hall–Kier alpha value is -3.88. The maximum absolute atomic E-state index is 11.9. The highest BCUT2D eigenvalue weighted by Crippen LogP contribution is 2.25. The molecule has 9 nitrogen and oxygen atoms in total. The zero-order valence-electron chi connectivity index (χ0n) is 12.6. The molecule has 5 aromatic rings. The van der Waals surface area contributed by atoms with E-state index < -0.39 is 0 Å². The summed E-state index contributed by atoms with van der Waals surface area (Å²) in [5, 5.41) is 11.7. The first kappa shape index (κ1) is 13.5. The third kappa shape index (κ3) is 2.02. The molecule has 1 N–H and O–H groups in total. The monoisotopic (exact) mass is 331 g/mol. The van der Waals surface area contributed by atoms with E-state index in [1.165, 1.54) is 0 Å². The molecule has 0 unspecified atom stereocenters. The number of H-pyrrole nitrogens is 1. The van der Waals surface area contributed by atoms with Crippen molar-refractivity contribution in [3.8, 4) is 23.1 Å². The largest absolute Gasteiger partial charge is 0.332 e. The van der Waals surface area contributed by atoms with Gasteiger partial charge in [-0.2, -0.15) is 10.1 Å². The summed E-state index contributed by atoms with van der Waals surface area (Å²) in [5.41, 5.74) is 1.50. The van der Waals surface area contributed by atoms with Gasteiger partial charge in [-0.05, 0) is 6.07 Å². The zero-order chi connectivity index (χ0) is 16.8. The first-order valence-corrected chi connectivity index (χ1v) is 7.40. The molecule has 0 spiro atoms. The molecule has 0 atom stereocenters. The first-order chi connectivity index (χ1) is 12.3. The standard InChI is InChI=1S/C16H9N7O2/c24-15-10-4-2-1-3-9(10)13(20-21-15)16-19-14(22-25-16)11-7-18-12-8-17-5-6-23(11)12/h1-8H,(H,21,24). The first-order valence-electron chi connectivity index (χ1n) is 7.40. The fourth-order valence-corrected chi connectivity index (χ4v) is 2.71. The molecular weight excluding hydrogens is 322 g/mol. The third-order valence-electron chi connectivity index (χ3n) is 3.87. The van der Waals surface area contributed by atoms with E-state index in [-0.39, 0.29) is 11.4 Å². The summed E-state index contributed by atoms with van der Waals surface area (Å²) in [4.78, 5) is 24.6. The predicted octanol–water partition coefficient (Wildman–Crippen LogP) is 1.68. The van der Waals surface area contributed by atoms with Gasteiger partial charge < -0.3 is 4.52 Å². The number of imidazole rings is 1. The maximum atomic E-state index is 11.9. The molecule has 0 bridgehead atoms. The Kier molecular flexibility index (Phi) is 2.74. The highest BCUT2D eigenvalue weighted by Gasteiger charge is 2.18. The van der Waals surface area contributed by atoms with Crippen molar-refractivity contribution in [1.29, 1.82) is 0 Å². The van der Waals surface area contributed by atoms with Gasteiger partial charge in [-0.3, -0.25) is 14.2 Å². The predicted molar refractivity (Wildman–Crippen MR) is 87.6 cm³/mol. The molecule has 0 aliphatic carbocycles. The highest BCUT2D eigenvalue weighted by molar-refractivity contribution is 5.91. The molecule has 0 aliphatic rings. The molecule has 120 valence electrons. The van der Waals surface area contributed by atoms with Crippen LogP contribution in [0.15, 0.2) is 58.4 Å². The number of rotatable bonds is 2. The van der Waals surface area contributed by atoms with Crippen molar-refractivity contribution in [2.45, 2.75) is 0 Å². The average molecular weight is 331 g/mol. The minimum Gasteiger partial charge on any atom is -0.332 e. The third-order valence-corrected chi connectivity index (χ3v) is 3.87. The summed E-state index contributed by atoms with van der Waals surface area (Å²) < 4.78 is 7.17. The van der Waals surface area contributed by atoms with E-state index in [4.69, 9.17) is 4.52 Å². The fourth-order valence-electron chi connectivity index (χ4n) is 2.71. The number of nitrogens with one attached hydrogen (secondary N) is 1. The van der Waals surface area contributed by atoms with E-state index >= 15 is 0 Å². The molecule has 0 aliphatic heterocycles. The molecule has 0 saturated heterocycles. The molecule has 0 amide bonds. The lowest BCUT2D eigenvalue weighted by Crippen LogP contribution is -2.09. The van der Waals surface area contributed by atoms with Gasteiger partial charge in [0.15, 0.2) is 11.3 Å². The number of benzene rings is 1. The SMILES string of the molecule is O=c1[nH]nc(-c2nc(-c3cnc4cnccn34)no2)c2ccccc12. The van der Waals surface area contributed by atoms with Crippen molar-refractivity contribution >= 4 is 16.4 Å². The second kappa shape index (κ2) is 5.06. The van der Waals surface area contributed by atoms with Gasteiger partial charge in [-0.15, -0.1) is 0 Å². The van der Waals surface area contributed by atoms with Gasteiger partial charge in [0, 0.05) is 17.8 Å². The number of fused-ring (bicyclic) bond motifs is 2. The molecule has 0 fully saturated rings. The Morgan fingerprint density at radius 3 is 2.92 bits per heavy atom. The van der Waals surface area contributed by atoms with Gasteiger partial charge in [-0.1, -0.05) is 23.4 Å². The van der Waals surface area contributed by atoms with Crippen molar-refractivity contribution < 1.29 is 4.52 Å². The number of hydrogen-bond donors (Lipinski definition) is 1. The van der Waals surface area contributed by atoms with Crippen LogP contribution in [0.2, 0.25) is 0 Å². The second-order valence-electron chi connectivity index (χ2n) is 5.32. The zero-order valence-corrected chi connectivity index (χ0v) is 12.6. The minimum atomic E-state index is -0.270. The number of hydrogen-bond acceptors (Lipinski definition) is 7. The lowest BCUT2D eigenvalue weighted by Gasteiger charge is -1.99. The Morgan fingerprint density at radius 1 is 1.12 bits per heavy atom. The van der Waals surface area contributed by atoms with Gasteiger partial charge in [0.1, 0.15) is 5.69 Å². The molecule has 5 rings (SSSR count). The second-order valence-corrected chi connectivity index (χ2v) is 5.32. The van der Waals surface area contributed by atoms with Crippen LogP contribution in [0, 0.1) is 0 Å². The molecular formula is C16H9N7O2. The fraction of sp³-hybridized carbons (Fsp3) is 0. The number of aromatic nitrogens is 7. The molecule has 9 heteroatoms. The van der Waals surface area contributed by atoms with Crippen LogP contribution in [0.3, 0.4) is 0 Å². The smallest absolute Gasteiger partial charge is 0.279 e. The van der Waals surface area contributed by atoms with Crippen LogP contribution in [0.4, 0.5) is 0 Å². The lowest BCUT2D eigenvalue weighted by molar-refractivity contribution is 0.430. The van der Waals surface area contributed by atoms with E-state index in [0.717, 1.165) is 0 Å². The molecule has 0 saturated carbocycles. The Morgan fingerprint density at radius 2 is 2.00 bits per heavy atom. The van der Waals surface area contributed by atoms with E-state index in [2.05, 4.69) is 30.3 Å². The highest BCUT2D eigenvalue weighted by atomic mass is 16.5.